The second-order valence-corrected chi connectivity index (χ2v) is 5.29. The summed E-state index contributed by atoms with van der Waals surface area (Å²) in [6.45, 7) is 0.880. The summed E-state index contributed by atoms with van der Waals surface area (Å²) in [6.07, 6.45) is -10.1. The maximum Gasteiger partial charge on any atom is 0.425 e. The molecule has 0 fully saturated rings. The maximum absolute atomic E-state index is 14.0. The van der Waals surface area contributed by atoms with Gasteiger partial charge in [-0.3, -0.25) is 0 Å². The second-order valence-electron chi connectivity index (χ2n) is 5.29. The van der Waals surface area contributed by atoms with Crippen LogP contribution in [0.15, 0.2) is 12.1 Å². The molecule has 0 aliphatic heterocycles. The van der Waals surface area contributed by atoms with Crippen LogP contribution in [-0.2, 0) is 0 Å². The lowest BCUT2D eigenvalue weighted by Gasteiger charge is -2.22. The Kier molecular flexibility index (Phi) is 7.31. The number of rotatable bonds is 7. The summed E-state index contributed by atoms with van der Waals surface area (Å²) < 4.78 is 81.3. The van der Waals surface area contributed by atoms with E-state index in [0.717, 1.165) is 0 Å². The summed E-state index contributed by atoms with van der Waals surface area (Å²) in [5.74, 6) is -3.90. The average molecular weight is 402 g/mol. The number of carbonyl (C=O) groups is 2. The van der Waals surface area contributed by atoms with E-state index < -0.39 is 60.1 Å². The van der Waals surface area contributed by atoms with Gasteiger partial charge in [-0.2, -0.15) is 13.2 Å². The van der Waals surface area contributed by atoms with Gasteiger partial charge in [-0.05, 0) is 19.9 Å². The fourth-order valence-electron chi connectivity index (χ4n) is 1.89. The van der Waals surface area contributed by atoms with Crippen molar-refractivity contribution < 1.29 is 45.8 Å². The van der Waals surface area contributed by atoms with E-state index >= 15 is 0 Å². The molecule has 0 saturated carbocycles. The zero-order valence-electron chi connectivity index (χ0n) is 14.1. The molecule has 0 spiro atoms. The van der Waals surface area contributed by atoms with Crippen molar-refractivity contribution in [1.82, 2.24) is 4.90 Å². The van der Waals surface area contributed by atoms with Crippen molar-refractivity contribution in [3.8, 4) is 5.75 Å². The molecule has 0 aliphatic carbocycles. The number of carbonyl (C=O) groups excluding carboxylic acids is 1. The van der Waals surface area contributed by atoms with E-state index in [1.807, 2.05) is 5.32 Å². The van der Waals surface area contributed by atoms with Gasteiger partial charge in [-0.15, -0.1) is 0 Å². The van der Waals surface area contributed by atoms with E-state index in [2.05, 4.69) is 4.74 Å². The van der Waals surface area contributed by atoms with Gasteiger partial charge in [0.25, 0.3) is 6.43 Å². The maximum atomic E-state index is 14.0. The van der Waals surface area contributed by atoms with Crippen LogP contribution in [0.1, 0.15) is 24.2 Å². The Morgan fingerprint density at radius 3 is 2.33 bits per heavy atom. The van der Waals surface area contributed by atoms with Crippen LogP contribution in [-0.4, -0.2) is 53.8 Å². The van der Waals surface area contributed by atoms with Crippen molar-refractivity contribution in [3.05, 3.63) is 23.5 Å². The summed E-state index contributed by atoms with van der Waals surface area (Å²) in [5.41, 5.74) is -1.62. The molecule has 152 valence electrons. The van der Waals surface area contributed by atoms with Crippen LogP contribution >= 0.6 is 0 Å². The Balaban J connectivity index is 3.19. The lowest BCUT2D eigenvalue weighted by molar-refractivity contribution is -0.189. The quantitative estimate of drug-likeness (QED) is 0.677. The number of hydrogen-bond acceptors (Lipinski definition) is 3. The predicted octanol–water partition coefficient (Wildman–Crippen LogP) is 3.97. The standard InChI is InChI=1S/C15H16F6N2O4/c1-3-23(6-12(17)18)14(26)22-10-5-11(27-7(2)15(19,20)21)8(13(24)25)4-9(10)16/h4-5,7,12H,3,6H2,1-2H3,(H,22,26)(H,24,25). The molecule has 2 N–H and O–H groups in total. The summed E-state index contributed by atoms with van der Waals surface area (Å²) in [7, 11) is 0. The summed E-state index contributed by atoms with van der Waals surface area (Å²) in [5, 5.41) is 10.9. The Bertz CT molecular complexity index is 696. The van der Waals surface area contributed by atoms with Gasteiger partial charge >= 0.3 is 18.2 Å². The molecule has 1 atom stereocenters. The van der Waals surface area contributed by atoms with Crippen LogP contribution in [0.4, 0.5) is 36.8 Å². The van der Waals surface area contributed by atoms with Crippen LogP contribution in [0.2, 0.25) is 0 Å². The van der Waals surface area contributed by atoms with Crippen LogP contribution in [0.5, 0.6) is 5.75 Å². The number of carboxylic acid groups (broad SMARTS) is 1. The van der Waals surface area contributed by atoms with Gasteiger partial charge in [0.15, 0.2) is 6.10 Å². The molecule has 1 unspecified atom stereocenters. The number of hydrogen-bond donors (Lipinski definition) is 2. The molecule has 27 heavy (non-hydrogen) atoms. The van der Waals surface area contributed by atoms with Gasteiger partial charge in [0.2, 0.25) is 0 Å². The highest BCUT2D eigenvalue weighted by Crippen LogP contribution is 2.31. The van der Waals surface area contributed by atoms with Crippen molar-refractivity contribution in [2.24, 2.45) is 0 Å². The van der Waals surface area contributed by atoms with Crippen LogP contribution in [0.3, 0.4) is 0 Å². The lowest BCUT2D eigenvalue weighted by Crippen LogP contribution is -2.38. The third-order valence-electron chi connectivity index (χ3n) is 3.33. The number of alkyl halides is 5. The highest BCUT2D eigenvalue weighted by Gasteiger charge is 2.39. The molecule has 1 rings (SSSR count). The van der Waals surface area contributed by atoms with Crippen molar-refractivity contribution in [2.75, 3.05) is 18.4 Å². The van der Waals surface area contributed by atoms with Gasteiger partial charge in [0, 0.05) is 12.6 Å². The summed E-state index contributed by atoms with van der Waals surface area (Å²) in [4.78, 5) is 23.7. The van der Waals surface area contributed by atoms with E-state index in [-0.39, 0.29) is 6.54 Å². The van der Waals surface area contributed by atoms with Crippen molar-refractivity contribution in [2.45, 2.75) is 32.6 Å². The number of amides is 2. The summed E-state index contributed by atoms with van der Waals surface area (Å²) >= 11 is 0. The minimum absolute atomic E-state index is 0.153. The number of carboxylic acids is 1. The van der Waals surface area contributed by atoms with Crippen molar-refractivity contribution >= 4 is 17.7 Å². The first-order valence-corrected chi connectivity index (χ1v) is 7.51. The first-order chi connectivity index (χ1) is 12.4. The second kappa shape index (κ2) is 8.82. The highest BCUT2D eigenvalue weighted by molar-refractivity contribution is 5.94. The zero-order chi connectivity index (χ0) is 20.9. The Morgan fingerprint density at radius 2 is 1.89 bits per heavy atom. The first-order valence-electron chi connectivity index (χ1n) is 7.51. The molecule has 0 aliphatic rings. The number of aromatic carboxylic acids is 1. The molecule has 6 nitrogen and oxygen atoms in total. The topological polar surface area (TPSA) is 78.9 Å². The van der Waals surface area contributed by atoms with Crippen LogP contribution in [0.25, 0.3) is 0 Å². The van der Waals surface area contributed by atoms with Gasteiger partial charge < -0.3 is 20.1 Å². The number of halogens is 6. The molecular weight excluding hydrogens is 386 g/mol. The minimum Gasteiger partial charge on any atom is -0.480 e. The fourth-order valence-corrected chi connectivity index (χ4v) is 1.89. The molecule has 0 bridgehead atoms. The highest BCUT2D eigenvalue weighted by atomic mass is 19.4. The van der Waals surface area contributed by atoms with Crippen LogP contribution in [0, 0.1) is 5.82 Å². The third-order valence-corrected chi connectivity index (χ3v) is 3.33. The molecule has 0 saturated heterocycles. The molecule has 2 amide bonds. The van der Waals surface area contributed by atoms with E-state index in [9.17, 15) is 35.9 Å². The van der Waals surface area contributed by atoms with Gasteiger partial charge in [0.05, 0.1) is 12.2 Å². The Hall–Kier alpha value is -2.66. The average Bonchev–Trinajstić information content (AvgIpc) is 2.53. The monoisotopic (exact) mass is 402 g/mol. The predicted molar refractivity (Wildman–Crippen MR) is 81.8 cm³/mol. The molecular formula is C15H16F6N2O4. The van der Waals surface area contributed by atoms with Gasteiger partial charge in [-0.1, -0.05) is 0 Å². The smallest absolute Gasteiger partial charge is 0.425 e. The molecule has 1 aromatic carbocycles. The largest absolute Gasteiger partial charge is 0.480 e. The lowest BCUT2D eigenvalue weighted by atomic mass is 10.1. The van der Waals surface area contributed by atoms with E-state index in [0.29, 0.717) is 24.0 Å². The van der Waals surface area contributed by atoms with E-state index in [4.69, 9.17) is 5.11 Å². The van der Waals surface area contributed by atoms with Gasteiger partial charge in [-0.25, -0.2) is 22.8 Å². The normalized spacial score (nSPS) is 12.6. The van der Waals surface area contributed by atoms with E-state index in [1.54, 1.807) is 0 Å². The molecule has 0 aromatic heterocycles. The van der Waals surface area contributed by atoms with Crippen molar-refractivity contribution in [1.29, 1.82) is 0 Å². The third kappa shape index (κ3) is 6.22. The first kappa shape index (κ1) is 22.4. The number of anilines is 1. The van der Waals surface area contributed by atoms with Crippen molar-refractivity contribution in [3.63, 3.8) is 0 Å². The molecule has 12 heteroatoms. The number of ether oxygens (including phenoxy) is 1. The molecule has 1 aromatic rings. The number of nitrogens with one attached hydrogen (secondary N) is 1. The molecule has 0 radical (unpaired) electrons. The number of nitrogens with zero attached hydrogens (tertiary/aromatic N) is 1. The fraction of sp³-hybridized carbons (Fsp3) is 0.467. The SMILES string of the molecule is CCN(CC(F)F)C(=O)Nc1cc(OC(C)C(F)(F)F)c(C(=O)O)cc1F. The Labute approximate surface area is 149 Å². The molecule has 0 heterocycles. The number of urea groups is 1. The summed E-state index contributed by atoms with van der Waals surface area (Å²) in [6, 6.07) is -0.232. The Morgan fingerprint density at radius 1 is 1.30 bits per heavy atom. The number of benzene rings is 1. The van der Waals surface area contributed by atoms with Gasteiger partial charge in [0.1, 0.15) is 17.1 Å². The minimum atomic E-state index is -4.83. The van der Waals surface area contributed by atoms with E-state index in [1.165, 1.54) is 6.92 Å². The zero-order valence-corrected chi connectivity index (χ0v) is 14.1. The van der Waals surface area contributed by atoms with Crippen LogP contribution < -0.4 is 10.1 Å².